The molecule has 0 spiro atoms. The van der Waals surface area contributed by atoms with Gasteiger partial charge in [-0.1, -0.05) is 6.07 Å². The molecule has 60 valence electrons. The van der Waals surface area contributed by atoms with Crippen LogP contribution >= 0.6 is 22.5 Å². The fraction of sp³-hybridized carbons (Fsp3) is 0.286. The van der Waals surface area contributed by atoms with Crippen LogP contribution in [0.5, 0.6) is 0 Å². The number of aliphatic hydroxyl groups excluding tert-OH is 1. The molecule has 1 rings (SSSR count). The smallest absolute Gasteiger partial charge is 0.112 e. The molecule has 0 aliphatic heterocycles. The lowest BCUT2D eigenvalue weighted by molar-refractivity contribution is 0.195. The Hall–Kier alpha value is -0.190. The average Bonchev–Trinajstić information content (AvgIpc) is 2.04. The van der Waals surface area contributed by atoms with Gasteiger partial charge in [-0.3, -0.25) is 0 Å². The number of thiol groups is 1. The zero-order valence-corrected chi connectivity index (χ0v) is 7.77. The predicted octanol–water partition coefficient (Wildman–Crippen LogP) is 2.07. The van der Waals surface area contributed by atoms with E-state index in [0.29, 0.717) is 0 Å². The van der Waals surface area contributed by atoms with Crippen LogP contribution in [0.2, 0.25) is 0 Å². The summed E-state index contributed by atoms with van der Waals surface area (Å²) < 4.78 is 0. The molecule has 0 radical (unpaired) electrons. The summed E-state index contributed by atoms with van der Waals surface area (Å²) in [5.74, 6) is 0. The lowest BCUT2D eigenvalue weighted by Crippen LogP contribution is -1.94. The van der Waals surface area contributed by atoms with Gasteiger partial charge in [0.2, 0.25) is 0 Å². The van der Waals surface area contributed by atoms with E-state index < -0.39 is 6.10 Å². The first-order chi connectivity index (χ1) is 5.25. The Balaban J connectivity index is 3.02. The van der Waals surface area contributed by atoms with Crippen molar-refractivity contribution in [1.29, 1.82) is 0 Å². The number of pyridine rings is 1. The lowest BCUT2D eigenvalue weighted by atomic mass is 10.2. The minimum atomic E-state index is -0.474. The molecule has 0 saturated carbocycles. The highest BCUT2D eigenvalue weighted by Gasteiger charge is 2.06. The molecule has 1 aromatic heterocycles. The molecule has 1 atom stereocenters. The molecular formula is C7H9NOS2. The highest BCUT2D eigenvalue weighted by Crippen LogP contribution is 2.26. The summed E-state index contributed by atoms with van der Waals surface area (Å²) in [5, 5.41) is 10.0. The van der Waals surface area contributed by atoms with E-state index in [2.05, 4.69) is 16.6 Å². The van der Waals surface area contributed by atoms with Crippen LogP contribution in [0, 0.1) is 0 Å². The van der Waals surface area contributed by atoms with Crippen molar-refractivity contribution in [3.05, 3.63) is 23.9 Å². The van der Waals surface area contributed by atoms with E-state index in [4.69, 9.17) is 0 Å². The van der Waals surface area contributed by atoms with E-state index in [1.165, 1.54) is 10.8 Å². The van der Waals surface area contributed by atoms with E-state index >= 15 is 0 Å². The van der Waals surface area contributed by atoms with E-state index in [0.717, 1.165) is 10.6 Å². The molecule has 0 bridgehead atoms. The molecule has 1 heterocycles. The van der Waals surface area contributed by atoms with Crippen molar-refractivity contribution in [1.82, 2.24) is 4.98 Å². The number of rotatable bonds is 2. The van der Waals surface area contributed by atoms with Crippen LogP contribution in [0.15, 0.2) is 23.4 Å². The van der Waals surface area contributed by atoms with E-state index in [-0.39, 0.29) is 0 Å². The zero-order valence-electron chi connectivity index (χ0n) is 6.06. The first-order valence-corrected chi connectivity index (χ1v) is 5.07. The predicted molar refractivity (Wildman–Crippen MR) is 49.7 cm³/mol. The number of aliphatic hydroxyl groups is 1. The second kappa shape index (κ2) is 3.99. The van der Waals surface area contributed by atoms with Crippen LogP contribution in [-0.2, 0) is 0 Å². The summed E-state index contributed by atoms with van der Waals surface area (Å²) in [7, 11) is 1.25. The van der Waals surface area contributed by atoms with Gasteiger partial charge in [0.15, 0.2) is 0 Å². The van der Waals surface area contributed by atoms with Gasteiger partial charge in [-0.25, -0.2) is 4.98 Å². The third-order valence-electron chi connectivity index (χ3n) is 1.34. The van der Waals surface area contributed by atoms with Crippen molar-refractivity contribution in [2.45, 2.75) is 18.1 Å². The van der Waals surface area contributed by atoms with Crippen molar-refractivity contribution in [3.63, 3.8) is 0 Å². The van der Waals surface area contributed by atoms with E-state index in [1.807, 2.05) is 6.07 Å². The molecule has 0 saturated heterocycles. The molecule has 1 aromatic rings. The number of nitrogens with zero attached hydrogens (tertiary/aromatic N) is 1. The molecule has 2 nitrogen and oxygen atoms in total. The standard InChI is InChI=1S/C7H9NOS2/c1-5(9)6-3-2-4-8-7(6)11-10/h2-5,9-10H,1H3. The molecule has 0 fully saturated rings. The van der Waals surface area contributed by atoms with Crippen molar-refractivity contribution in [3.8, 4) is 0 Å². The Morgan fingerprint density at radius 3 is 2.91 bits per heavy atom. The second-order valence-electron chi connectivity index (χ2n) is 2.17. The van der Waals surface area contributed by atoms with Crippen molar-refractivity contribution < 1.29 is 5.11 Å². The van der Waals surface area contributed by atoms with Crippen molar-refractivity contribution in [2.24, 2.45) is 0 Å². The van der Waals surface area contributed by atoms with Gasteiger partial charge in [-0.05, 0) is 23.8 Å². The molecule has 0 amide bonds. The van der Waals surface area contributed by atoms with Crippen LogP contribution in [0.4, 0.5) is 0 Å². The van der Waals surface area contributed by atoms with Crippen molar-refractivity contribution >= 4 is 22.5 Å². The Kier molecular flexibility index (Phi) is 3.23. The fourth-order valence-corrected chi connectivity index (χ4v) is 1.71. The van der Waals surface area contributed by atoms with Gasteiger partial charge in [-0.2, -0.15) is 0 Å². The van der Waals surface area contributed by atoms with Gasteiger partial charge in [0.05, 0.1) is 6.10 Å². The normalized spacial score (nSPS) is 13.0. The Bertz CT molecular complexity index is 240. The third-order valence-corrected chi connectivity index (χ3v) is 2.37. The van der Waals surface area contributed by atoms with E-state index in [1.54, 1.807) is 19.2 Å². The van der Waals surface area contributed by atoms with Crippen LogP contribution in [-0.4, -0.2) is 10.1 Å². The van der Waals surface area contributed by atoms with Gasteiger partial charge < -0.3 is 5.11 Å². The Labute approximate surface area is 74.9 Å². The summed E-state index contributed by atoms with van der Waals surface area (Å²) in [4.78, 5) is 4.04. The molecule has 0 aliphatic carbocycles. The zero-order chi connectivity index (χ0) is 8.27. The minimum absolute atomic E-state index is 0.474. The van der Waals surface area contributed by atoms with Gasteiger partial charge in [0, 0.05) is 11.8 Å². The molecule has 11 heavy (non-hydrogen) atoms. The summed E-state index contributed by atoms with van der Waals surface area (Å²) in [6.45, 7) is 1.71. The van der Waals surface area contributed by atoms with Gasteiger partial charge in [0.25, 0.3) is 0 Å². The molecule has 4 heteroatoms. The number of hydrogen-bond acceptors (Lipinski definition) is 4. The van der Waals surface area contributed by atoms with Crippen molar-refractivity contribution in [2.75, 3.05) is 0 Å². The molecule has 0 aromatic carbocycles. The SMILES string of the molecule is CC(O)c1cccnc1SS. The first-order valence-electron chi connectivity index (χ1n) is 3.20. The molecule has 0 aliphatic rings. The van der Waals surface area contributed by atoms with Crippen LogP contribution < -0.4 is 0 Å². The number of hydrogen-bond donors (Lipinski definition) is 2. The maximum atomic E-state index is 9.25. The highest BCUT2D eigenvalue weighted by atomic mass is 33.1. The molecule has 1 unspecified atom stereocenters. The van der Waals surface area contributed by atoms with Gasteiger partial charge >= 0.3 is 0 Å². The minimum Gasteiger partial charge on any atom is -0.389 e. The fourth-order valence-electron chi connectivity index (χ4n) is 0.797. The topological polar surface area (TPSA) is 33.1 Å². The van der Waals surface area contributed by atoms with Gasteiger partial charge in [-0.15, -0.1) is 11.7 Å². The first kappa shape index (κ1) is 8.90. The van der Waals surface area contributed by atoms with Crippen LogP contribution in [0.25, 0.3) is 0 Å². The van der Waals surface area contributed by atoms with Crippen LogP contribution in [0.1, 0.15) is 18.6 Å². The Morgan fingerprint density at radius 1 is 1.73 bits per heavy atom. The van der Waals surface area contributed by atoms with Crippen LogP contribution in [0.3, 0.4) is 0 Å². The summed E-state index contributed by atoms with van der Waals surface area (Å²) in [6, 6.07) is 3.64. The largest absolute Gasteiger partial charge is 0.389 e. The second-order valence-corrected chi connectivity index (χ2v) is 3.28. The summed E-state index contributed by atoms with van der Waals surface area (Å²) in [5.41, 5.74) is 0.826. The number of aromatic nitrogens is 1. The maximum Gasteiger partial charge on any atom is 0.112 e. The Morgan fingerprint density at radius 2 is 2.45 bits per heavy atom. The average molecular weight is 187 g/mol. The monoisotopic (exact) mass is 187 g/mol. The summed E-state index contributed by atoms with van der Waals surface area (Å²) in [6.07, 6.45) is 1.21. The van der Waals surface area contributed by atoms with E-state index in [9.17, 15) is 5.11 Å². The van der Waals surface area contributed by atoms with Gasteiger partial charge in [0.1, 0.15) is 5.03 Å². The lowest BCUT2D eigenvalue weighted by Gasteiger charge is -2.06. The molecule has 1 N–H and O–H groups in total. The summed E-state index contributed by atoms with van der Waals surface area (Å²) >= 11 is 4.02. The molecular weight excluding hydrogens is 178 g/mol. The highest BCUT2D eigenvalue weighted by molar-refractivity contribution is 8.68. The quantitative estimate of drug-likeness (QED) is 0.549. The third kappa shape index (κ3) is 2.12. The maximum absolute atomic E-state index is 9.25.